The molecule has 1 heterocycles. The number of aliphatic imine (C=N–C) groups is 1. The number of nitrogens with zero attached hydrogens (tertiary/aromatic N) is 2. The van der Waals surface area contributed by atoms with Gasteiger partial charge < -0.3 is 14.6 Å². The highest BCUT2D eigenvalue weighted by Crippen LogP contribution is 2.34. The van der Waals surface area contributed by atoms with Crippen molar-refractivity contribution >= 4 is 34.9 Å². The lowest BCUT2D eigenvalue weighted by molar-refractivity contribution is -0.139. The van der Waals surface area contributed by atoms with Crippen LogP contribution in [-0.4, -0.2) is 54.4 Å². The molecule has 24 heavy (non-hydrogen) atoms. The molecule has 1 aromatic carbocycles. The molecule has 1 aromatic rings. The Morgan fingerprint density at radius 3 is 2.71 bits per heavy atom. The zero-order valence-electron chi connectivity index (χ0n) is 13.6. The van der Waals surface area contributed by atoms with Gasteiger partial charge in [-0.05, 0) is 42.5 Å². The maximum atomic E-state index is 12.2. The summed E-state index contributed by atoms with van der Waals surface area (Å²) >= 11 is 1.30. The first kappa shape index (κ1) is 17.9. The van der Waals surface area contributed by atoms with Crippen molar-refractivity contribution in [2.24, 2.45) is 4.99 Å². The van der Waals surface area contributed by atoms with Gasteiger partial charge in [-0.15, -0.1) is 0 Å². The molecule has 0 spiro atoms. The molecule has 1 aliphatic heterocycles. The molecular formula is C16H18N2O5S. The standard InChI is InChI=1S/C16H18N2O5S/c1-4-22-12-7-10(5-6-11(12)23-9-14(19)20)8-13-15(21)18(3)16(17-2)24-13/h5-8H,4,9H2,1-3H3,(H,19,20)/b13-8+,17-16?. The molecule has 128 valence electrons. The Labute approximate surface area is 144 Å². The molecule has 0 saturated carbocycles. The summed E-state index contributed by atoms with van der Waals surface area (Å²) in [5.74, 6) is -0.406. The SMILES string of the molecule is CCOc1cc(/C=C2/SC(=NC)N(C)C2=O)ccc1OCC(=O)O. The number of amides is 1. The van der Waals surface area contributed by atoms with Crippen molar-refractivity contribution in [1.29, 1.82) is 0 Å². The molecular weight excluding hydrogens is 332 g/mol. The van der Waals surface area contributed by atoms with Gasteiger partial charge in [-0.1, -0.05) is 6.07 Å². The van der Waals surface area contributed by atoms with E-state index in [1.807, 2.05) is 6.92 Å². The van der Waals surface area contributed by atoms with Crippen molar-refractivity contribution in [3.05, 3.63) is 28.7 Å². The van der Waals surface area contributed by atoms with Crippen LogP contribution in [0.15, 0.2) is 28.1 Å². The van der Waals surface area contributed by atoms with Gasteiger partial charge in [-0.2, -0.15) is 0 Å². The van der Waals surface area contributed by atoms with Crippen LogP contribution < -0.4 is 9.47 Å². The van der Waals surface area contributed by atoms with Crippen LogP contribution in [0.1, 0.15) is 12.5 Å². The highest BCUT2D eigenvalue weighted by molar-refractivity contribution is 8.18. The predicted octanol–water partition coefficient (Wildman–Crippen LogP) is 2.08. The number of carboxylic acid groups (broad SMARTS) is 1. The molecule has 0 bridgehead atoms. The van der Waals surface area contributed by atoms with Crippen molar-refractivity contribution in [1.82, 2.24) is 4.90 Å². The minimum atomic E-state index is -1.06. The van der Waals surface area contributed by atoms with Gasteiger partial charge in [0.25, 0.3) is 5.91 Å². The molecule has 1 saturated heterocycles. The van der Waals surface area contributed by atoms with E-state index in [1.165, 1.54) is 16.7 Å². The topological polar surface area (TPSA) is 88.4 Å². The zero-order chi connectivity index (χ0) is 17.7. The van der Waals surface area contributed by atoms with E-state index in [0.717, 1.165) is 5.56 Å². The van der Waals surface area contributed by atoms with Crippen molar-refractivity contribution in [3.63, 3.8) is 0 Å². The van der Waals surface area contributed by atoms with Crippen molar-refractivity contribution in [2.75, 3.05) is 27.3 Å². The fourth-order valence-corrected chi connectivity index (χ4v) is 2.97. The van der Waals surface area contributed by atoms with Gasteiger partial charge in [0.1, 0.15) is 0 Å². The Balaban J connectivity index is 2.28. The average molecular weight is 350 g/mol. The Hall–Kier alpha value is -2.48. The summed E-state index contributed by atoms with van der Waals surface area (Å²) in [6, 6.07) is 5.08. The van der Waals surface area contributed by atoms with Crippen LogP contribution in [0, 0.1) is 0 Å². The summed E-state index contributed by atoms with van der Waals surface area (Å²) in [6.07, 6.45) is 1.74. The second kappa shape index (κ2) is 7.87. The second-order valence-electron chi connectivity index (χ2n) is 4.80. The number of amidine groups is 1. The van der Waals surface area contributed by atoms with E-state index < -0.39 is 12.6 Å². The number of hydrogen-bond acceptors (Lipinski definition) is 6. The predicted molar refractivity (Wildman–Crippen MR) is 92.4 cm³/mol. The highest BCUT2D eigenvalue weighted by Gasteiger charge is 2.29. The molecule has 0 aliphatic carbocycles. The van der Waals surface area contributed by atoms with E-state index in [2.05, 4.69) is 4.99 Å². The quantitative estimate of drug-likeness (QED) is 0.790. The smallest absolute Gasteiger partial charge is 0.341 e. The summed E-state index contributed by atoms with van der Waals surface area (Å²) in [5.41, 5.74) is 0.753. The molecule has 2 rings (SSSR count). The van der Waals surface area contributed by atoms with Gasteiger partial charge >= 0.3 is 5.97 Å². The molecule has 1 N–H and O–H groups in total. The van der Waals surface area contributed by atoms with Gasteiger partial charge in [0.2, 0.25) is 0 Å². The largest absolute Gasteiger partial charge is 0.490 e. The molecule has 0 unspecified atom stereocenters. The summed E-state index contributed by atoms with van der Waals surface area (Å²) in [5, 5.41) is 9.35. The lowest BCUT2D eigenvalue weighted by Crippen LogP contribution is -2.23. The Kier molecular flexibility index (Phi) is 5.86. The first-order chi connectivity index (χ1) is 11.5. The van der Waals surface area contributed by atoms with Crippen LogP contribution in [0.25, 0.3) is 6.08 Å². The molecule has 0 radical (unpaired) electrons. The number of ether oxygens (including phenoxy) is 2. The van der Waals surface area contributed by atoms with Crippen LogP contribution in [0.2, 0.25) is 0 Å². The van der Waals surface area contributed by atoms with Crippen LogP contribution in [0.3, 0.4) is 0 Å². The van der Waals surface area contributed by atoms with Crippen molar-refractivity contribution < 1.29 is 24.2 Å². The summed E-state index contributed by atoms with van der Waals surface area (Å²) < 4.78 is 10.7. The molecule has 1 amide bonds. The second-order valence-corrected chi connectivity index (χ2v) is 5.81. The van der Waals surface area contributed by atoms with Crippen molar-refractivity contribution in [2.45, 2.75) is 6.92 Å². The molecule has 1 fully saturated rings. The Morgan fingerprint density at radius 2 is 2.12 bits per heavy atom. The molecule has 8 heteroatoms. The number of benzene rings is 1. The van der Waals surface area contributed by atoms with Gasteiger partial charge in [0.15, 0.2) is 23.3 Å². The summed E-state index contributed by atoms with van der Waals surface area (Å²) in [4.78, 5) is 28.9. The van der Waals surface area contributed by atoms with E-state index >= 15 is 0 Å². The Bertz CT molecular complexity index is 714. The lowest BCUT2D eigenvalue weighted by atomic mass is 10.2. The van der Waals surface area contributed by atoms with E-state index in [-0.39, 0.29) is 5.91 Å². The van der Waals surface area contributed by atoms with Crippen LogP contribution in [-0.2, 0) is 9.59 Å². The van der Waals surface area contributed by atoms with E-state index in [0.29, 0.717) is 28.2 Å². The van der Waals surface area contributed by atoms with Gasteiger partial charge in [0.05, 0.1) is 11.5 Å². The number of carbonyl (C=O) groups excluding carboxylic acids is 1. The van der Waals surface area contributed by atoms with Gasteiger partial charge in [-0.3, -0.25) is 14.7 Å². The zero-order valence-corrected chi connectivity index (χ0v) is 14.4. The summed E-state index contributed by atoms with van der Waals surface area (Å²) in [7, 11) is 3.31. The molecule has 0 atom stereocenters. The van der Waals surface area contributed by atoms with Crippen molar-refractivity contribution in [3.8, 4) is 11.5 Å². The van der Waals surface area contributed by atoms with Gasteiger partial charge in [-0.25, -0.2) is 4.79 Å². The number of hydrogen-bond donors (Lipinski definition) is 1. The number of likely N-dealkylation sites (N-methyl/N-ethyl adjacent to an activating group) is 1. The summed E-state index contributed by atoms with van der Waals surface area (Å²) in [6.45, 7) is 1.78. The maximum absolute atomic E-state index is 12.2. The van der Waals surface area contributed by atoms with Crippen LogP contribution in [0.5, 0.6) is 11.5 Å². The van der Waals surface area contributed by atoms with Gasteiger partial charge in [0, 0.05) is 14.1 Å². The van der Waals surface area contributed by atoms with E-state index in [1.54, 1.807) is 38.4 Å². The minimum absolute atomic E-state index is 0.121. The number of aliphatic carboxylic acids is 1. The first-order valence-corrected chi connectivity index (χ1v) is 8.03. The lowest BCUT2D eigenvalue weighted by Gasteiger charge is -2.11. The fraction of sp³-hybridized carbons (Fsp3) is 0.312. The highest BCUT2D eigenvalue weighted by atomic mass is 32.2. The average Bonchev–Trinajstić information content (AvgIpc) is 2.82. The molecule has 1 aliphatic rings. The fourth-order valence-electron chi connectivity index (χ4n) is 2.04. The van der Waals surface area contributed by atoms with Crippen LogP contribution >= 0.6 is 11.8 Å². The third-order valence-electron chi connectivity index (χ3n) is 3.11. The third kappa shape index (κ3) is 4.08. The number of carbonyl (C=O) groups is 2. The third-order valence-corrected chi connectivity index (χ3v) is 4.26. The molecule has 7 nitrogen and oxygen atoms in total. The number of thioether (sulfide) groups is 1. The van der Waals surface area contributed by atoms with E-state index in [9.17, 15) is 9.59 Å². The molecule has 0 aromatic heterocycles. The van der Waals surface area contributed by atoms with Crippen LogP contribution in [0.4, 0.5) is 0 Å². The number of rotatable bonds is 6. The monoisotopic (exact) mass is 350 g/mol. The maximum Gasteiger partial charge on any atom is 0.341 e. The minimum Gasteiger partial charge on any atom is -0.490 e. The normalized spacial score (nSPS) is 17.6. The first-order valence-electron chi connectivity index (χ1n) is 7.22. The van der Waals surface area contributed by atoms with E-state index in [4.69, 9.17) is 14.6 Å². The number of carboxylic acids is 1. The Morgan fingerprint density at radius 1 is 1.38 bits per heavy atom.